The van der Waals surface area contributed by atoms with Gasteiger partial charge in [-0.2, -0.15) is 0 Å². The lowest BCUT2D eigenvalue weighted by atomic mass is 9.91. The first-order chi connectivity index (χ1) is 23.4. The van der Waals surface area contributed by atoms with E-state index in [1.807, 2.05) is 5.32 Å². The molecule has 0 saturated carbocycles. The lowest BCUT2D eigenvalue weighted by molar-refractivity contribution is -0.164. The third kappa shape index (κ3) is 14.7. The second kappa shape index (κ2) is 21.8. The number of carboxylic acid groups (broad SMARTS) is 1. The molecule has 9 unspecified atom stereocenters. The van der Waals surface area contributed by atoms with Crippen LogP contribution in [0.5, 0.6) is 0 Å². The van der Waals surface area contributed by atoms with Crippen LogP contribution in [-0.2, 0) is 43.1 Å². The average Bonchev–Trinajstić information content (AvgIpc) is 3.04. The number of aliphatic hydroxyl groups is 4. The molecule has 0 spiro atoms. The fourth-order valence-corrected chi connectivity index (χ4v) is 5.00. The van der Waals surface area contributed by atoms with Crippen LogP contribution in [0.4, 0.5) is 0 Å². The molecule has 284 valence electrons. The number of ketones is 1. The number of hydrogen-bond donors (Lipinski definition) is 10. The van der Waals surface area contributed by atoms with Crippen LogP contribution in [-0.4, -0.2) is 154 Å². The molecule has 0 aromatic heterocycles. The Labute approximate surface area is 288 Å². The van der Waals surface area contributed by atoms with Gasteiger partial charge in [-0.1, -0.05) is 0 Å². The van der Waals surface area contributed by atoms with E-state index < -0.39 is 122 Å². The van der Waals surface area contributed by atoms with Crippen LogP contribution in [0, 0.1) is 5.92 Å². The number of hydrogen-bond acceptors (Lipinski definition) is 14. The Morgan fingerprint density at radius 2 is 1.58 bits per heavy atom. The summed E-state index contributed by atoms with van der Waals surface area (Å²) in [5.74, 6) is -9.62. The van der Waals surface area contributed by atoms with E-state index in [1.165, 1.54) is 25.8 Å². The highest BCUT2D eigenvalue weighted by Crippen LogP contribution is 2.17. The van der Waals surface area contributed by atoms with Crippen molar-refractivity contribution in [1.29, 1.82) is 0 Å². The fraction of sp³-hybridized carbons (Fsp3) is 0.733. The molecule has 1 heterocycles. The Hall–Kier alpha value is -4.24. The highest BCUT2D eigenvalue weighted by atomic mass is 16.5. The van der Waals surface area contributed by atoms with Gasteiger partial charge in [0.25, 0.3) is 0 Å². The summed E-state index contributed by atoms with van der Waals surface area (Å²) >= 11 is 0. The molecule has 0 aromatic carbocycles. The molecule has 5 amide bonds. The Morgan fingerprint density at radius 3 is 2.14 bits per heavy atom. The number of aliphatic carboxylic acids is 1. The number of nitrogens with one attached hydrogen (secondary N) is 4. The fourth-order valence-electron chi connectivity index (χ4n) is 5.00. The molecule has 1 aliphatic rings. The first-order valence-electron chi connectivity index (χ1n) is 16.1. The highest BCUT2D eigenvalue weighted by molar-refractivity contribution is 5.96. The highest BCUT2D eigenvalue weighted by Gasteiger charge is 2.39. The van der Waals surface area contributed by atoms with Gasteiger partial charge in [0, 0.05) is 26.4 Å². The summed E-state index contributed by atoms with van der Waals surface area (Å²) in [5.41, 5.74) is 5.56. The number of carboxylic acids is 1. The third-order valence-corrected chi connectivity index (χ3v) is 7.88. The van der Waals surface area contributed by atoms with E-state index in [4.69, 9.17) is 10.5 Å². The largest absolute Gasteiger partial charge is 0.479 e. The number of carbonyl (C=O) groups is 8. The van der Waals surface area contributed by atoms with Crippen molar-refractivity contribution in [1.82, 2.24) is 26.2 Å². The lowest BCUT2D eigenvalue weighted by Gasteiger charge is -2.27. The van der Waals surface area contributed by atoms with Crippen molar-refractivity contribution in [2.24, 2.45) is 11.7 Å². The van der Waals surface area contributed by atoms with Crippen LogP contribution in [0.2, 0.25) is 0 Å². The molecule has 1 aliphatic heterocycles. The van der Waals surface area contributed by atoms with Crippen molar-refractivity contribution in [3.8, 4) is 0 Å². The molecule has 20 heteroatoms. The topological polar surface area (TPSA) is 324 Å². The van der Waals surface area contributed by atoms with Crippen molar-refractivity contribution in [2.75, 3.05) is 26.7 Å². The maximum Gasteiger partial charge on any atom is 0.335 e. The van der Waals surface area contributed by atoms with Gasteiger partial charge < -0.3 is 62.2 Å². The minimum atomic E-state index is -2.57. The molecule has 0 bridgehead atoms. The van der Waals surface area contributed by atoms with Gasteiger partial charge in [0.15, 0.2) is 12.1 Å². The van der Waals surface area contributed by atoms with Crippen LogP contribution in [0.3, 0.4) is 0 Å². The molecule has 1 fully saturated rings. The number of cyclic esters (lactones) is 1. The van der Waals surface area contributed by atoms with Crippen molar-refractivity contribution >= 4 is 47.8 Å². The Balaban J connectivity index is 3.56. The maximum absolute atomic E-state index is 13.3. The van der Waals surface area contributed by atoms with Gasteiger partial charge in [-0.05, 0) is 46.1 Å². The van der Waals surface area contributed by atoms with E-state index in [0.29, 0.717) is 6.41 Å². The van der Waals surface area contributed by atoms with E-state index in [0.717, 1.165) is 0 Å². The zero-order chi connectivity index (χ0) is 38.1. The minimum Gasteiger partial charge on any atom is -0.479 e. The van der Waals surface area contributed by atoms with E-state index in [9.17, 15) is 63.9 Å². The molecule has 0 aromatic rings. The minimum absolute atomic E-state index is 0.0652. The summed E-state index contributed by atoms with van der Waals surface area (Å²) in [7, 11) is 1.50. The van der Waals surface area contributed by atoms with E-state index in [-0.39, 0.29) is 38.8 Å². The number of rotatable bonds is 12. The monoisotopic (exact) mass is 718 g/mol. The summed E-state index contributed by atoms with van der Waals surface area (Å²) in [6, 6.07) is -6.62. The van der Waals surface area contributed by atoms with Gasteiger partial charge in [0.1, 0.15) is 24.0 Å². The number of Topliss-reactive ketones (excluding diaryl/α,β-unsaturated/α-hetero) is 1. The van der Waals surface area contributed by atoms with Crippen molar-refractivity contribution in [2.45, 2.75) is 107 Å². The lowest BCUT2D eigenvalue weighted by Crippen LogP contribution is -2.60. The Bertz CT molecular complexity index is 1200. The summed E-state index contributed by atoms with van der Waals surface area (Å²) in [4.78, 5) is 102. The Kier molecular flexibility index (Phi) is 19.1. The van der Waals surface area contributed by atoms with Crippen LogP contribution in [0.25, 0.3) is 0 Å². The molecule has 20 nitrogen and oxygen atoms in total. The molecule has 50 heavy (non-hydrogen) atoms. The van der Waals surface area contributed by atoms with Gasteiger partial charge in [0.2, 0.25) is 30.0 Å². The molecule has 1 rings (SSSR count). The van der Waals surface area contributed by atoms with Gasteiger partial charge in [0.05, 0.1) is 37.2 Å². The quantitative estimate of drug-likeness (QED) is 0.0667. The van der Waals surface area contributed by atoms with Crippen molar-refractivity contribution in [3.63, 3.8) is 0 Å². The van der Waals surface area contributed by atoms with Crippen LogP contribution in [0.1, 0.15) is 58.8 Å². The van der Waals surface area contributed by atoms with Crippen LogP contribution >= 0.6 is 0 Å². The number of ether oxygens (including phenoxy) is 1. The molecule has 0 aliphatic carbocycles. The molecule has 9 atom stereocenters. The van der Waals surface area contributed by atoms with E-state index in [2.05, 4.69) is 16.0 Å². The van der Waals surface area contributed by atoms with E-state index in [1.54, 1.807) is 0 Å². The standard InChI is InChI=1S/C30H50N6O14/c1-15-10-23(42)32-19(7-5-9-36(3)14-38)22(41)12-17(40)11-18(16(2)39)26(44)33-20(6-4-8-31)27(45)34-21(13-37)28(46)35-24(30(49)50-15)25(43)29(47)48/h14-16,18-22,24-25,37,39,41,43H,4-13,31H2,1-3H3,(H,32,42)(H,33,44)(H,34,45)(H,35,46)(H,47,48). The smallest absolute Gasteiger partial charge is 0.335 e. The molecular weight excluding hydrogens is 668 g/mol. The number of nitrogens with two attached hydrogens (primary N) is 1. The van der Waals surface area contributed by atoms with Gasteiger partial charge >= 0.3 is 11.9 Å². The van der Waals surface area contributed by atoms with Gasteiger partial charge in [-0.3, -0.25) is 28.8 Å². The van der Waals surface area contributed by atoms with Crippen LogP contribution in [0.15, 0.2) is 0 Å². The second-order valence-electron chi connectivity index (χ2n) is 12.2. The SMILES string of the molecule is CC1CC(=O)NC(CCCN(C)C=O)C(O)CC(=O)CC(C(C)O)C(=O)NC(CCCN)C(=O)NC(CO)C(=O)NC(C(O)C(=O)O)C(=O)O1. The second-order valence-corrected chi connectivity index (χ2v) is 12.2. The predicted molar refractivity (Wildman–Crippen MR) is 170 cm³/mol. The number of nitrogens with zero attached hydrogens (tertiary/aromatic N) is 1. The summed E-state index contributed by atoms with van der Waals surface area (Å²) in [5, 5.41) is 59.8. The van der Waals surface area contributed by atoms with Gasteiger partial charge in [-0.15, -0.1) is 0 Å². The molecule has 11 N–H and O–H groups in total. The predicted octanol–water partition coefficient (Wildman–Crippen LogP) is -4.99. The summed E-state index contributed by atoms with van der Waals surface area (Å²) < 4.78 is 5.12. The summed E-state index contributed by atoms with van der Waals surface area (Å²) in [6.07, 6.45) is -7.54. The average molecular weight is 719 g/mol. The van der Waals surface area contributed by atoms with Crippen molar-refractivity contribution < 1.29 is 68.6 Å². The summed E-state index contributed by atoms with van der Waals surface area (Å²) in [6.45, 7) is 1.68. The zero-order valence-corrected chi connectivity index (χ0v) is 28.3. The van der Waals surface area contributed by atoms with Gasteiger partial charge in [-0.25, -0.2) is 9.59 Å². The van der Waals surface area contributed by atoms with Crippen molar-refractivity contribution in [3.05, 3.63) is 0 Å². The number of aliphatic hydroxyl groups excluding tert-OH is 4. The van der Waals surface area contributed by atoms with E-state index >= 15 is 0 Å². The maximum atomic E-state index is 13.3. The normalized spacial score (nSPS) is 28.0. The number of carbonyl (C=O) groups excluding carboxylic acids is 7. The number of esters is 1. The first-order valence-corrected chi connectivity index (χ1v) is 16.1. The van der Waals surface area contributed by atoms with Crippen LogP contribution < -0.4 is 27.0 Å². The molecule has 1 saturated heterocycles. The number of amides is 5. The Morgan fingerprint density at radius 1 is 0.960 bits per heavy atom. The zero-order valence-electron chi connectivity index (χ0n) is 28.3. The molecule has 0 radical (unpaired) electrons. The first kappa shape index (κ1) is 43.8. The molecular formula is C30H50N6O14. The third-order valence-electron chi connectivity index (χ3n) is 7.88.